The van der Waals surface area contributed by atoms with Crippen molar-refractivity contribution in [2.24, 2.45) is 5.41 Å². The van der Waals surface area contributed by atoms with Crippen LogP contribution in [0.2, 0.25) is 0 Å². The van der Waals surface area contributed by atoms with E-state index in [1.54, 1.807) is 7.11 Å². The molecule has 1 unspecified atom stereocenters. The predicted molar refractivity (Wildman–Crippen MR) is 78.7 cm³/mol. The summed E-state index contributed by atoms with van der Waals surface area (Å²) in [5, 5.41) is 0. The van der Waals surface area contributed by atoms with Crippen LogP contribution in [-0.2, 0) is 11.2 Å². The highest BCUT2D eigenvalue weighted by molar-refractivity contribution is 5.97. The molecule has 0 aliphatic heterocycles. The highest BCUT2D eigenvalue weighted by atomic mass is 16.5. The summed E-state index contributed by atoms with van der Waals surface area (Å²) in [5.74, 6) is 1.32. The molecule has 20 heavy (non-hydrogen) atoms. The minimum Gasteiger partial charge on any atom is -0.497 e. The van der Waals surface area contributed by atoms with E-state index in [2.05, 4.69) is 25.1 Å². The fourth-order valence-corrected chi connectivity index (χ4v) is 4.04. The van der Waals surface area contributed by atoms with Crippen LogP contribution in [0.15, 0.2) is 35.4 Å². The third-order valence-electron chi connectivity index (χ3n) is 5.27. The molecule has 1 atom stereocenters. The average molecular weight is 266 g/mol. The van der Waals surface area contributed by atoms with E-state index in [0.29, 0.717) is 12.2 Å². The molecule has 0 radical (unpaired) electrons. The monoisotopic (exact) mass is 266 g/mol. The number of ether oxygens (including phenoxy) is 1. The van der Waals surface area contributed by atoms with Gasteiger partial charge in [0, 0.05) is 6.42 Å². The van der Waals surface area contributed by atoms with Crippen molar-refractivity contribution in [2.75, 3.05) is 7.11 Å². The zero-order valence-electron chi connectivity index (χ0n) is 12.0. The Labute approximate surface area is 119 Å². The van der Waals surface area contributed by atoms with Crippen molar-refractivity contribution in [1.29, 1.82) is 0 Å². The third-order valence-corrected chi connectivity index (χ3v) is 5.27. The van der Waals surface area contributed by atoms with Crippen molar-refractivity contribution in [3.63, 3.8) is 0 Å². The van der Waals surface area contributed by atoms with E-state index in [0.717, 1.165) is 25.0 Å². The molecule has 4 rings (SSSR count). The van der Waals surface area contributed by atoms with Crippen LogP contribution >= 0.6 is 0 Å². The van der Waals surface area contributed by atoms with Crippen LogP contribution in [0.25, 0.3) is 5.57 Å². The minimum atomic E-state index is -0.217. The second-order valence-corrected chi connectivity index (χ2v) is 6.23. The number of allylic oxidation sites excluding steroid dienone is 4. The van der Waals surface area contributed by atoms with Gasteiger partial charge in [0.05, 0.1) is 12.5 Å². The number of Topliss-reactive ketones (excluding diaryl/α,β-unsaturated/α-hetero) is 1. The highest BCUT2D eigenvalue weighted by Gasteiger charge is 2.46. The zero-order chi connectivity index (χ0) is 13.9. The average Bonchev–Trinajstić information content (AvgIpc) is 2.96. The van der Waals surface area contributed by atoms with E-state index in [1.165, 1.54) is 27.8 Å². The van der Waals surface area contributed by atoms with Crippen molar-refractivity contribution < 1.29 is 9.53 Å². The lowest BCUT2D eigenvalue weighted by Gasteiger charge is -2.32. The van der Waals surface area contributed by atoms with Crippen LogP contribution in [0.3, 0.4) is 0 Å². The fraction of sp³-hybridized carbons (Fsp3) is 0.389. The molecule has 1 aromatic carbocycles. The first-order chi connectivity index (χ1) is 9.63. The molecular formula is C18H18O2. The summed E-state index contributed by atoms with van der Waals surface area (Å²) in [6.07, 6.45) is 5.72. The van der Waals surface area contributed by atoms with Gasteiger partial charge in [-0.15, -0.1) is 0 Å². The molecule has 0 amide bonds. The molecule has 3 aliphatic carbocycles. The number of methoxy groups -OCH3 is 1. The number of carbonyl (C=O) groups is 1. The zero-order valence-corrected chi connectivity index (χ0v) is 12.0. The highest BCUT2D eigenvalue weighted by Crippen LogP contribution is 2.54. The van der Waals surface area contributed by atoms with Crippen LogP contribution in [0.5, 0.6) is 5.75 Å². The maximum absolute atomic E-state index is 12.2. The maximum Gasteiger partial charge on any atom is 0.146 e. The van der Waals surface area contributed by atoms with E-state index in [1.807, 2.05) is 6.07 Å². The van der Waals surface area contributed by atoms with Crippen LogP contribution < -0.4 is 4.74 Å². The van der Waals surface area contributed by atoms with Crippen LogP contribution in [0.4, 0.5) is 0 Å². The largest absolute Gasteiger partial charge is 0.497 e. The Balaban J connectivity index is 1.82. The lowest BCUT2D eigenvalue weighted by atomic mass is 9.70. The maximum atomic E-state index is 12.2. The standard InChI is InChI=1S/C18H18O2/c1-18-8-7-14-13-4-3-12(20-2)9-11(13)10-15(14)16(18)5-6-17(18)19/h3-5,9H,6-8,10H2,1-2H3. The molecule has 0 saturated heterocycles. The summed E-state index contributed by atoms with van der Waals surface area (Å²) in [7, 11) is 1.71. The molecule has 0 fully saturated rings. The molecule has 0 N–H and O–H groups in total. The number of ketones is 1. The predicted octanol–water partition coefficient (Wildman–Crippen LogP) is 3.70. The van der Waals surface area contributed by atoms with Gasteiger partial charge in [0.1, 0.15) is 11.5 Å². The molecule has 102 valence electrons. The Kier molecular flexibility index (Phi) is 2.30. The van der Waals surface area contributed by atoms with Gasteiger partial charge in [-0.05, 0) is 66.2 Å². The molecule has 0 spiro atoms. The first-order valence-corrected chi connectivity index (χ1v) is 7.27. The summed E-state index contributed by atoms with van der Waals surface area (Å²) in [6, 6.07) is 6.36. The van der Waals surface area contributed by atoms with Crippen LogP contribution in [0.1, 0.15) is 37.3 Å². The second-order valence-electron chi connectivity index (χ2n) is 6.23. The molecular weight excluding hydrogens is 248 g/mol. The van der Waals surface area contributed by atoms with E-state index in [9.17, 15) is 4.79 Å². The third kappa shape index (κ3) is 1.37. The summed E-state index contributed by atoms with van der Waals surface area (Å²) >= 11 is 0. The van der Waals surface area contributed by atoms with Crippen molar-refractivity contribution in [3.8, 4) is 5.75 Å². The van der Waals surface area contributed by atoms with Gasteiger partial charge >= 0.3 is 0 Å². The van der Waals surface area contributed by atoms with Crippen molar-refractivity contribution in [3.05, 3.63) is 46.5 Å². The van der Waals surface area contributed by atoms with Gasteiger partial charge in [-0.25, -0.2) is 0 Å². The van der Waals surface area contributed by atoms with Gasteiger partial charge in [0.2, 0.25) is 0 Å². The van der Waals surface area contributed by atoms with E-state index in [-0.39, 0.29) is 5.41 Å². The lowest BCUT2D eigenvalue weighted by Crippen LogP contribution is -2.28. The van der Waals surface area contributed by atoms with Crippen molar-refractivity contribution in [1.82, 2.24) is 0 Å². The molecule has 3 aliphatic rings. The Hall–Kier alpha value is -1.83. The molecule has 2 nitrogen and oxygen atoms in total. The Morgan fingerprint density at radius 3 is 2.90 bits per heavy atom. The molecule has 1 aromatic rings. The number of fused-ring (bicyclic) bond motifs is 4. The number of rotatable bonds is 1. The quantitative estimate of drug-likeness (QED) is 0.774. The van der Waals surface area contributed by atoms with Gasteiger partial charge in [-0.2, -0.15) is 0 Å². The van der Waals surface area contributed by atoms with Gasteiger partial charge in [0.15, 0.2) is 0 Å². The Bertz CT molecular complexity index is 693. The normalized spacial score (nSPS) is 27.1. The molecule has 0 saturated carbocycles. The van der Waals surface area contributed by atoms with Gasteiger partial charge in [0.25, 0.3) is 0 Å². The van der Waals surface area contributed by atoms with E-state index >= 15 is 0 Å². The van der Waals surface area contributed by atoms with Gasteiger partial charge in [-0.1, -0.05) is 12.1 Å². The smallest absolute Gasteiger partial charge is 0.146 e. The number of hydrogen-bond acceptors (Lipinski definition) is 2. The van der Waals surface area contributed by atoms with Crippen molar-refractivity contribution in [2.45, 2.75) is 32.6 Å². The Morgan fingerprint density at radius 2 is 2.10 bits per heavy atom. The van der Waals surface area contributed by atoms with Crippen LogP contribution in [0, 0.1) is 5.41 Å². The molecule has 0 aromatic heterocycles. The molecule has 2 heteroatoms. The second kappa shape index (κ2) is 3.85. The summed E-state index contributed by atoms with van der Waals surface area (Å²) in [4.78, 5) is 12.2. The fourth-order valence-electron chi connectivity index (χ4n) is 4.04. The number of benzene rings is 1. The summed E-state index contributed by atoms with van der Waals surface area (Å²) < 4.78 is 5.33. The van der Waals surface area contributed by atoms with Gasteiger partial charge in [-0.3, -0.25) is 4.79 Å². The first kappa shape index (κ1) is 12.0. The van der Waals surface area contributed by atoms with Gasteiger partial charge < -0.3 is 4.74 Å². The van der Waals surface area contributed by atoms with Crippen molar-refractivity contribution >= 4 is 11.4 Å². The van der Waals surface area contributed by atoms with E-state index < -0.39 is 0 Å². The lowest BCUT2D eigenvalue weighted by molar-refractivity contribution is -0.124. The molecule has 0 heterocycles. The number of hydrogen-bond donors (Lipinski definition) is 0. The summed E-state index contributed by atoms with van der Waals surface area (Å²) in [5.41, 5.74) is 6.67. The Morgan fingerprint density at radius 1 is 1.25 bits per heavy atom. The molecule has 0 bridgehead atoms. The number of carbonyl (C=O) groups excluding carboxylic acids is 1. The van der Waals surface area contributed by atoms with E-state index in [4.69, 9.17) is 4.74 Å². The minimum absolute atomic E-state index is 0.217. The SMILES string of the molecule is COc1ccc2c(c1)CC1=C2CCC2(C)C(=O)CC=C12. The summed E-state index contributed by atoms with van der Waals surface area (Å²) in [6.45, 7) is 2.13. The van der Waals surface area contributed by atoms with Crippen LogP contribution in [-0.4, -0.2) is 12.9 Å². The topological polar surface area (TPSA) is 26.3 Å². The first-order valence-electron chi connectivity index (χ1n) is 7.27.